The summed E-state index contributed by atoms with van der Waals surface area (Å²) < 4.78 is 0. The van der Waals surface area contributed by atoms with E-state index in [2.05, 4.69) is 14.8 Å². The highest BCUT2D eigenvalue weighted by Crippen LogP contribution is 2.13. The van der Waals surface area contributed by atoms with Crippen LogP contribution >= 0.6 is 11.8 Å². The first kappa shape index (κ1) is 14.7. The average molecular weight is 306 g/mol. The minimum atomic E-state index is 0.280. The number of amides is 1. The number of rotatable bonds is 3. The highest BCUT2D eigenvalue weighted by molar-refractivity contribution is 7.99. The quantitative estimate of drug-likeness (QED) is 0.825. The monoisotopic (exact) mass is 306 g/mol. The van der Waals surface area contributed by atoms with E-state index in [-0.39, 0.29) is 5.91 Å². The Morgan fingerprint density at radius 1 is 1.10 bits per heavy atom. The Labute approximate surface area is 130 Å². The second-order valence-corrected chi connectivity index (χ2v) is 6.67. The van der Waals surface area contributed by atoms with E-state index >= 15 is 0 Å². The van der Waals surface area contributed by atoms with E-state index in [4.69, 9.17) is 0 Å². The van der Waals surface area contributed by atoms with Crippen LogP contribution in [0.15, 0.2) is 24.4 Å². The van der Waals surface area contributed by atoms with E-state index in [9.17, 15) is 4.79 Å². The SMILES string of the molecule is O=C(CN1CCSCC1)N1CCN(c2ccccn2)CC1. The summed E-state index contributed by atoms with van der Waals surface area (Å²) in [6.07, 6.45) is 1.82. The van der Waals surface area contributed by atoms with Crippen molar-refractivity contribution in [3.8, 4) is 0 Å². The third-order valence-corrected chi connectivity index (χ3v) is 5.01. The fraction of sp³-hybridized carbons (Fsp3) is 0.600. The molecule has 21 heavy (non-hydrogen) atoms. The summed E-state index contributed by atoms with van der Waals surface area (Å²) in [5, 5.41) is 0. The Kier molecular flexibility index (Phi) is 4.98. The smallest absolute Gasteiger partial charge is 0.236 e. The number of piperazine rings is 1. The molecular formula is C15H22N4OS. The molecule has 0 unspecified atom stereocenters. The van der Waals surface area contributed by atoms with Crippen LogP contribution in [0.5, 0.6) is 0 Å². The zero-order valence-electron chi connectivity index (χ0n) is 12.3. The predicted molar refractivity (Wildman–Crippen MR) is 86.8 cm³/mol. The van der Waals surface area contributed by atoms with Crippen LogP contribution in [-0.2, 0) is 4.79 Å². The van der Waals surface area contributed by atoms with Gasteiger partial charge in [0.15, 0.2) is 0 Å². The van der Waals surface area contributed by atoms with Crippen molar-refractivity contribution in [1.82, 2.24) is 14.8 Å². The summed E-state index contributed by atoms with van der Waals surface area (Å²) in [6.45, 7) is 6.03. The third-order valence-electron chi connectivity index (χ3n) is 4.07. The van der Waals surface area contributed by atoms with Crippen LogP contribution in [0.4, 0.5) is 5.82 Å². The Hall–Kier alpha value is -1.27. The van der Waals surface area contributed by atoms with Crippen LogP contribution in [0.2, 0.25) is 0 Å². The fourth-order valence-electron chi connectivity index (χ4n) is 2.78. The van der Waals surface area contributed by atoms with Gasteiger partial charge < -0.3 is 9.80 Å². The predicted octanol–water partition coefficient (Wildman–Crippen LogP) is 0.779. The number of pyridine rings is 1. The van der Waals surface area contributed by atoms with E-state index in [1.807, 2.05) is 41.1 Å². The summed E-state index contributed by atoms with van der Waals surface area (Å²) in [4.78, 5) is 23.3. The van der Waals surface area contributed by atoms with Crippen LogP contribution in [0, 0.1) is 0 Å². The van der Waals surface area contributed by atoms with Gasteiger partial charge in [0.05, 0.1) is 6.54 Å². The molecule has 0 N–H and O–H groups in total. The van der Waals surface area contributed by atoms with E-state index < -0.39 is 0 Å². The minimum absolute atomic E-state index is 0.280. The number of thioether (sulfide) groups is 1. The zero-order valence-corrected chi connectivity index (χ0v) is 13.1. The summed E-state index contributed by atoms with van der Waals surface area (Å²) >= 11 is 1.98. The maximum absolute atomic E-state index is 12.4. The van der Waals surface area contributed by atoms with E-state index in [0.717, 1.165) is 56.6 Å². The first-order valence-corrected chi connectivity index (χ1v) is 8.72. The first-order valence-electron chi connectivity index (χ1n) is 7.57. The molecule has 5 nitrogen and oxygen atoms in total. The molecule has 3 rings (SSSR count). The number of anilines is 1. The molecule has 1 amide bonds. The van der Waals surface area contributed by atoms with Gasteiger partial charge in [-0.1, -0.05) is 6.07 Å². The molecule has 3 heterocycles. The Morgan fingerprint density at radius 3 is 2.52 bits per heavy atom. The minimum Gasteiger partial charge on any atom is -0.353 e. The first-order chi connectivity index (χ1) is 10.3. The van der Waals surface area contributed by atoms with Gasteiger partial charge >= 0.3 is 0 Å². The molecule has 6 heteroatoms. The van der Waals surface area contributed by atoms with E-state index in [1.165, 1.54) is 0 Å². The molecule has 114 valence electrons. The molecule has 0 aromatic carbocycles. The molecule has 2 aliphatic rings. The average Bonchev–Trinajstić information content (AvgIpc) is 2.57. The van der Waals surface area contributed by atoms with Crippen molar-refractivity contribution >= 4 is 23.5 Å². The molecule has 2 fully saturated rings. The highest BCUT2D eigenvalue weighted by Gasteiger charge is 2.23. The van der Waals surface area contributed by atoms with Gasteiger partial charge in [-0.3, -0.25) is 9.69 Å². The maximum Gasteiger partial charge on any atom is 0.236 e. The molecule has 2 saturated heterocycles. The lowest BCUT2D eigenvalue weighted by Crippen LogP contribution is -2.52. The van der Waals surface area contributed by atoms with E-state index in [1.54, 1.807) is 0 Å². The summed E-state index contributed by atoms with van der Waals surface area (Å²) in [6, 6.07) is 5.97. The number of nitrogens with zero attached hydrogens (tertiary/aromatic N) is 4. The summed E-state index contributed by atoms with van der Waals surface area (Å²) in [5.74, 6) is 3.60. The van der Waals surface area contributed by atoms with Crippen molar-refractivity contribution in [3.05, 3.63) is 24.4 Å². The van der Waals surface area contributed by atoms with Crippen molar-refractivity contribution in [2.45, 2.75) is 0 Å². The van der Waals surface area contributed by atoms with E-state index in [0.29, 0.717) is 6.54 Å². The van der Waals surface area contributed by atoms with Gasteiger partial charge in [-0.25, -0.2) is 4.98 Å². The van der Waals surface area contributed by atoms with Crippen molar-refractivity contribution in [2.24, 2.45) is 0 Å². The molecule has 0 atom stereocenters. The highest BCUT2D eigenvalue weighted by atomic mass is 32.2. The fourth-order valence-corrected chi connectivity index (χ4v) is 3.76. The van der Waals surface area contributed by atoms with Gasteiger partial charge in [-0.15, -0.1) is 0 Å². The van der Waals surface area contributed by atoms with Gasteiger partial charge in [0, 0.05) is 57.0 Å². The van der Waals surface area contributed by atoms with Crippen LogP contribution < -0.4 is 4.90 Å². The number of carbonyl (C=O) groups is 1. The zero-order chi connectivity index (χ0) is 14.5. The molecule has 0 spiro atoms. The van der Waals surface area contributed by atoms with Crippen molar-refractivity contribution in [3.63, 3.8) is 0 Å². The standard InChI is InChI=1S/C15H22N4OS/c20-15(13-17-9-11-21-12-10-17)19-7-5-18(6-8-19)14-3-1-2-4-16-14/h1-4H,5-13H2. The van der Waals surface area contributed by atoms with Crippen molar-refractivity contribution in [1.29, 1.82) is 0 Å². The third kappa shape index (κ3) is 3.89. The van der Waals surface area contributed by atoms with Crippen LogP contribution in [-0.4, -0.2) is 78.0 Å². The molecule has 0 radical (unpaired) electrons. The Balaban J connectivity index is 1.47. The summed E-state index contributed by atoms with van der Waals surface area (Å²) in [5.41, 5.74) is 0. The van der Waals surface area contributed by atoms with Gasteiger partial charge in [-0.05, 0) is 12.1 Å². The lowest BCUT2D eigenvalue weighted by atomic mass is 10.3. The molecule has 0 saturated carbocycles. The lowest BCUT2D eigenvalue weighted by Gasteiger charge is -2.36. The number of carbonyl (C=O) groups excluding carboxylic acids is 1. The number of hydrogen-bond acceptors (Lipinski definition) is 5. The van der Waals surface area contributed by atoms with Gasteiger partial charge in [0.1, 0.15) is 5.82 Å². The molecule has 0 aliphatic carbocycles. The lowest BCUT2D eigenvalue weighted by molar-refractivity contribution is -0.132. The number of aromatic nitrogens is 1. The van der Waals surface area contributed by atoms with Crippen LogP contribution in [0.1, 0.15) is 0 Å². The van der Waals surface area contributed by atoms with Crippen molar-refractivity contribution in [2.75, 3.05) is 62.2 Å². The number of hydrogen-bond donors (Lipinski definition) is 0. The topological polar surface area (TPSA) is 39.7 Å². The van der Waals surface area contributed by atoms with Gasteiger partial charge in [0.25, 0.3) is 0 Å². The van der Waals surface area contributed by atoms with Crippen LogP contribution in [0.3, 0.4) is 0 Å². The second-order valence-electron chi connectivity index (χ2n) is 5.44. The van der Waals surface area contributed by atoms with Gasteiger partial charge in [-0.2, -0.15) is 11.8 Å². The molecule has 0 bridgehead atoms. The Bertz CT molecular complexity index is 456. The maximum atomic E-state index is 12.4. The second kappa shape index (κ2) is 7.13. The molecular weight excluding hydrogens is 284 g/mol. The summed E-state index contributed by atoms with van der Waals surface area (Å²) in [7, 11) is 0. The normalized spacial score (nSPS) is 20.6. The largest absolute Gasteiger partial charge is 0.353 e. The van der Waals surface area contributed by atoms with Crippen LogP contribution in [0.25, 0.3) is 0 Å². The van der Waals surface area contributed by atoms with Gasteiger partial charge in [0.2, 0.25) is 5.91 Å². The molecule has 1 aromatic heterocycles. The molecule has 1 aromatic rings. The molecule has 2 aliphatic heterocycles. The Morgan fingerprint density at radius 2 is 1.86 bits per heavy atom. The van der Waals surface area contributed by atoms with Crippen molar-refractivity contribution < 1.29 is 4.79 Å².